The van der Waals surface area contributed by atoms with Gasteiger partial charge in [-0.3, -0.25) is 0 Å². The molecule has 0 radical (unpaired) electrons. The van der Waals surface area contributed by atoms with Crippen molar-refractivity contribution in [2.45, 2.75) is 116 Å². The first kappa shape index (κ1) is 16.4. The number of hydrogen-bond donors (Lipinski definition) is 0. The van der Waals surface area contributed by atoms with Gasteiger partial charge in [0.2, 0.25) is 0 Å². The van der Waals surface area contributed by atoms with Crippen LogP contribution in [0.2, 0.25) is 0 Å². The molecule has 0 amide bonds. The molecule has 2 fully saturated rings. The van der Waals surface area contributed by atoms with Crippen molar-refractivity contribution >= 4 is 0 Å². The summed E-state index contributed by atoms with van der Waals surface area (Å²) in [7, 11) is 0. The highest BCUT2D eigenvalue weighted by Gasteiger charge is 2.21. The van der Waals surface area contributed by atoms with Crippen molar-refractivity contribution in [3.05, 3.63) is 0 Å². The molecule has 0 unspecified atom stereocenters. The van der Waals surface area contributed by atoms with Crippen LogP contribution in [0, 0.1) is 11.8 Å². The average molecular weight is 279 g/mol. The summed E-state index contributed by atoms with van der Waals surface area (Å²) < 4.78 is 0. The van der Waals surface area contributed by atoms with Gasteiger partial charge >= 0.3 is 0 Å². The van der Waals surface area contributed by atoms with Gasteiger partial charge in [0.05, 0.1) is 0 Å². The minimum atomic E-state index is 1.09. The fourth-order valence-corrected chi connectivity index (χ4v) is 4.63. The zero-order valence-corrected chi connectivity index (χ0v) is 13.9. The average Bonchev–Trinajstić information content (AvgIpc) is 2.55. The van der Waals surface area contributed by atoms with E-state index in [1.807, 2.05) is 0 Å². The standard InChI is InChI=1S/C20H38/c1-2-4-8-12-16-19(15-11-7-3-1)20-17-13-9-5-6-10-14-18-20/h19-20H,1-18H2. The molecule has 2 aliphatic carbocycles. The van der Waals surface area contributed by atoms with Crippen LogP contribution in [-0.4, -0.2) is 0 Å². The van der Waals surface area contributed by atoms with Crippen molar-refractivity contribution in [2.75, 3.05) is 0 Å². The third-order valence-electron chi connectivity index (χ3n) is 5.97. The molecule has 0 N–H and O–H groups in total. The van der Waals surface area contributed by atoms with Gasteiger partial charge in [-0.1, -0.05) is 116 Å². The molecular formula is C20H38. The van der Waals surface area contributed by atoms with E-state index in [-0.39, 0.29) is 0 Å². The molecule has 0 spiro atoms. The fraction of sp³-hybridized carbons (Fsp3) is 1.00. The van der Waals surface area contributed by atoms with Crippen LogP contribution in [0.4, 0.5) is 0 Å². The summed E-state index contributed by atoms with van der Waals surface area (Å²) in [5.74, 6) is 2.18. The summed E-state index contributed by atoms with van der Waals surface area (Å²) in [6.45, 7) is 0. The van der Waals surface area contributed by atoms with E-state index in [9.17, 15) is 0 Å². The van der Waals surface area contributed by atoms with Gasteiger partial charge in [-0.25, -0.2) is 0 Å². The summed E-state index contributed by atoms with van der Waals surface area (Å²) in [6, 6.07) is 0. The highest BCUT2D eigenvalue weighted by molar-refractivity contribution is 4.73. The molecule has 118 valence electrons. The van der Waals surface area contributed by atoms with Gasteiger partial charge in [-0.15, -0.1) is 0 Å². The Morgan fingerprint density at radius 3 is 0.700 bits per heavy atom. The summed E-state index contributed by atoms with van der Waals surface area (Å²) in [4.78, 5) is 0. The first-order valence-corrected chi connectivity index (χ1v) is 9.97. The molecule has 0 aliphatic heterocycles. The van der Waals surface area contributed by atoms with Crippen LogP contribution in [0.1, 0.15) is 116 Å². The van der Waals surface area contributed by atoms with Gasteiger partial charge < -0.3 is 0 Å². The maximum atomic E-state index is 1.56. The minimum Gasteiger partial charge on any atom is -0.0533 e. The maximum absolute atomic E-state index is 1.56. The molecule has 0 aromatic carbocycles. The van der Waals surface area contributed by atoms with Crippen LogP contribution in [0.15, 0.2) is 0 Å². The third kappa shape index (κ3) is 6.64. The molecule has 0 atom stereocenters. The van der Waals surface area contributed by atoms with Crippen molar-refractivity contribution in [3.8, 4) is 0 Å². The molecule has 0 aromatic heterocycles. The summed E-state index contributed by atoms with van der Waals surface area (Å²) in [5, 5.41) is 0. The molecule has 0 heterocycles. The predicted molar refractivity (Wildman–Crippen MR) is 90.1 cm³/mol. The van der Waals surface area contributed by atoms with Gasteiger partial charge in [0.25, 0.3) is 0 Å². The van der Waals surface area contributed by atoms with Crippen molar-refractivity contribution in [1.82, 2.24) is 0 Å². The quantitative estimate of drug-likeness (QED) is 0.473. The van der Waals surface area contributed by atoms with Gasteiger partial charge in [-0.2, -0.15) is 0 Å². The van der Waals surface area contributed by atoms with Gasteiger partial charge in [0, 0.05) is 0 Å². The fourth-order valence-electron chi connectivity index (χ4n) is 4.63. The Hall–Kier alpha value is 0. The zero-order valence-electron chi connectivity index (χ0n) is 13.9. The second-order valence-electron chi connectivity index (χ2n) is 7.62. The predicted octanol–water partition coefficient (Wildman–Crippen LogP) is 7.27. The van der Waals surface area contributed by atoms with Crippen molar-refractivity contribution < 1.29 is 0 Å². The van der Waals surface area contributed by atoms with Crippen LogP contribution in [0.3, 0.4) is 0 Å². The summed E-state index contributed by atoms with van der Waals surface area (Å²) >= 11 is 0. The molecule has 20 heavy (non-hydrogen) atoms. The molecule has 2 saturated carbocycles. The van der Waals surface area contributed by atoms with Crippen LogP contribution in [0.5, 0.6) is 0 Å². The molecule has 2 aliphatic rings. The lowest BCUT2D eigenvalue weighted by Crippen LogP contribution is -2.15. The molecule has 0 nitrogen and oxygen atoms in total. The van der Waals surface area contributed by atoms with E-state index in [1.54, 1.807) is 25.7 Å². The highest BCUT2D eigenvalue weighted by Crippen LogP contribution is 2.34. The van der Waals surface area contributed by atoms with Gasteiger partial charge in [-0.05, 0) is 11.8 Å². The van der Waals surface area contributed by atoms with E-state index < -0.39 is 0 Å². The Balaban J connectivity index is 1.82. The van der Waals surface area contributed by atoms with E-state index in [2.05, 4.69) is 0 Å². The Morgan fingerprint density at radius 1 is 0.250 bits per heavy atom. The minimum absolute atomic E-state index is 1.09. The zero-order chi connectivity index (χ0) is 13.9. The SMILES string of the molecule is C1CCCCCC(C2CCCCCCCC2)CCCC1. The molecule has 2 rings (SSSR count). The lowest BCUT2D eigenvalue weighted by atomic mass is 9.78. The highest BCUT2D eigenvalue weighted by atomic mass is 14.3. The lowest BCUT2D eigenvalue weighted by Gasteiger charge is -2.27. The van der Waals surface area contributed by atoms with Crippen LogP contribution >= 0.6 is 0 Å². The van der Waals surface area contributed by atoms with Crippen molar-refractivity contribution in [2.24, 2.45) is 11.8 Å². The lowest BCUT2D eigenvalue weighted by molar-refractivity contribution is 0.243. The maximum Gasteiger partial charge on any atom is -0.0386 e. The number of rotatable bonds is 1. The second kappa shape index (κ2) is 10.7. The van der Waals surface area contributed by atoms with Gasteiger partial charge in [0.1, 0.15) is 0 Å². The van der Waals surface area contributed by atoms with E-state index in [1.165, 1.54) is 89.9 Å². The first-order chi connectivity index (χ1) is 9.97. The van der Waals surface area contributed by atoms with Crippen molar-refractivity contribution in [3.63, 3.8) is 0 Å². The molecular weight excluding hydrogens is 240 g/mol. The van der Waals surface area contributed by atoms with E-state index in [0.29, 0.717) is 0 Å². The first-order valence-electron chi connectivity index (χ1n) is 9.97. The topological polar surface area (TPSA) is 0 Å². The summed E-state index contributed by atoms with van der Waals surface area (Å²) in [5.41, 5.74) is 0. The molecule has 0 bridgehead atoms. The van der Waals surface area contributed by atoms with Crippen LogP contribution < -0.4 is 0 Å². The Morgan fingerprint density at radius 2 is 0.450 bits per heavy atom. The Bertz CT molecular complexity index is 198. The van der Waals surface area contributed by atoms with Gasteiger partial charge in [0.15, 0.2) is 0 Å². The molecule has 0 heteroatoms. The van der Waals surface area contributed by atoms with Crippen molar-refractivity contribution in [1.29, 1.82) is 0 Å². The van der Waals surface area contributed by atoms with Crippen LogP contribution in [0.25, 0.3) is 0 Å². The van der Waals surface area contributed by atoms with Crippen LogP contribution in [-0.2, 0) is 0 Å². The Kier molecular flexibility index (Phi) is 8.75. The van der Waals surface area contributed by atoms with E-state index >= 15 is 0 Å². The smallest absolute Gasteiger partial charge is 0.0386 e. The monoisotopic (exact) mass is 278 g/mol. The third-order valence-corrected chi connectivity index (χ3v) is 5.97. The second-order valence-corrected chi connectivity index (χ2v) is 7.62. The Labute approximate surface area is 128 Å². The largest absolute Gasteiger partial charge is 0.0533 e. The van der Waals surface area contributed by atoms with E-state index in [0.717, 1.165) is 11.8 Å². The molecule has 0 saturated heterocycles. The summed E-state index contributed by atoms with van der Waals surface area (Å²) in [6.07, 6.45) is 27.5. The normalized spacial score (nSPS) is 27.0. The number of hydrogen-bond acceptors (Lipinski definition) is 0. The molecule has 0 aromatic rings. The van der Waals surface area contributed by atoms with E-state index in [4.69, 9.17) is 0 Å².